The molecule has 2 heterocycles. The molecule has 0 aliphatic carbocycles. The Kier molecular flexibility index (Phi) is 5.99. The first-order valence-corrected chi connectivity index (χ1v) is 12.5. The molecular formula is C21H21ClN2O3S2. The first kappa shape index (κ1) is 20.4. The quantitative estimate of drug-likeness (QED) is 0.699. The van der Waals surface area contributed by atoms with Gasteiger partial charge in [0.1, 0.15) is 0 Å². The van der Waals surface area contributed by atoms with E-state index in [1.165, 1.54) is 11.8 Å². The molecule has 0 radical (unpaired) electrons. The molecule has 2 aromatic rings. The van der Waals surface area contributed by atoms with Crippen molar-refractivity contribution in [3.63, 3.8) is 0 Å². The first-order valence-electron chi connectivity index (χ1n) is 9.44. The number of aryl methyl sites for hydroxylation is 1. The molecule has 2 fully saturated rings. The first-order chi connectivity index (χ1) is 13.9. The lowest BCUT2D eigenvalue weighted by Crippen LogP contribution is -2.37. The molecule has 2 aliphatic rings. The number of benzene rings is 2. The lowest BCUT2D eigenvalue weighted by atomic mass is 10.1. The fourth-order valence-electron chi connectivity index (χ4n) is 3.69. The van der Waals surface area contributed by atoms with Crippen LogP contribution < -0.4 is 0 Å². The highest BCUT2D eigenvalue weighted by molar-refractivity contribution is 8.15. The molecule has 8 heteroatoms. The summed E-state index contributed by atoms with van der Waals surface area (Å²) in [4.78, 5) is 18.8. The van der Waals surface area contributed by atoms with Gasteiger partial charge in [-0.05, 0) is 23.6 Å². The minimum absolute atomic E-state index is 0.0896. The van der Waals surface area contributed by atoms with E-state index in [2.05, 4.69) is 4.99 Å². The number of fused-ring (bicyclic) bond motifs is 1. The lowest BCUT2D eigenvalue weighted by Gasteiger charge is -2.25. The Balaban J connectivity index is 1.53. The summed E-state index contributed by atoms with van der Waals surface area (Å²) in [7, 11) is -3.07. The highest BCUT2D eigenvalue weighted by Gasteiger charge is 2.48. The molecule has 2 atom stereocenters. The van der Waals surface area contributed by atoms with Gasteiger partial charge in [0, 0.05) is 23.2 Å². The van der Waals surface area contributed by atoms with E-state index in [0.717, 1.165) is 11.1 Å². The Morgan fingerprint density at radius 1 is 1.10 bits per heavy atom. The number of amides is 1. The molecule has 0 saturated carbocycles. The Hall–Kier alpha value is -1.83. The largest absolute Gasteiger partial charge is 0.342 e. The summed E-state index contributed by atoms with van der Waals surface area (Å²) in [6, 6.07) is 17.1. The van der Waals surface area contributed by atoms with Crippen LogP contribution in [-0.4, -0.2) is 47.2 Å². The van der Waals surface area contributed by atoms with Crippen LogP contribution in [0.4, 0.5) is 0 Å². The molecule has 0 bridgehead atoms. The van der Waals surface area contributed by atoms with E-state index in [-0.39, 0.29) is 28.7 Å². The van der Waals surface area contributed by atoms with Gasteiger partial charge in [0.05, 0.1) is 17.5 Å². The summed E-state index contributed by atoms with van der Waals surface area (Å²) in [5.74, 6) is 0.0219. The maximum absolute atomic E-state index is 12.5. The van der Waals surface area contributed by atoms with Crippen LogP contribution in [-0.2, 0) is 27.6 Å². The summed E-state index contributed by atoms with van der Waals surface area (Å²) >= 11 is 7.71. The van der Waals surface area contributed by atoms with Gasteiger partial charge in [-0.3, -0.25) is 4.79 Å². The van der Waals surface area contributed by atoms with Crippen LogP contribution in [0.25, 0.3) is 0 Å². The average molecular weight is 449 g/mol. The van der Waals surface area contributed by atoms with Gasteiger partial charge in [0.15, 0.2) is 15.0 Å². The van der Waals surface area contributed by atoms with Crippen molar-refractivity contribution in [2.75, 3.05) is 11.5 Å². The number of carbonyl (C=O) groups is 1. The van der Waals surface area contributed by atoms with Crippen LogP contribution in [0.2, 0.25) is 5.02 Å². The summed E-state index contributed by atoms with van der Waals surface area (Å²) in [5.41, 5.74) is 1.99. The van der Waals surface area contributed by atoms with Crippen molar-refractivity contribution in [2.45, 2.75) is 30.7 Å². The van der Waals surface area contributed by atoms with Crippen LogP contribution in [0, 0.1) is 0 Å². The minimum Gasteiger partial charge on any atom is -0.342 e. The van der Waals surface area contributed by atoms with Crippen molar-refractivity contribution in [2.24, 2.45) is 4.99 Å². The number of rotatable bonds is 5. The number of hydrogen-bond acceptors (Lipinski definition) is 4. The second-order valence-electron chi connectivity index (χ2n) is 7.29. The van der Waals surface area contributed by atoms with E-state index in [1.807, 2.05) is 59.5 Å². The Morgan fingerprint density at radius 2 is 1.83 bits per heavy atom. The zero-order chi connectivity index (χ0) is 20.4. The second-order valence-corrected chi connectivity index (χ2v) is 11.1. The molecule has 5 nitrogen and oxygen atoms in total. The zero-order valence-electron chi connectivity index (χ0n) is 15.7. The SMILES string of the molecule is O=C(CCc1ccccc1)N=C1S[C@@H]2CS(=O)(=O)C[C@H]2N1Cc1ccccc1Cl. The predicted molar refractivity (Wildman–Crippen MR) is 118 cm³/mol. The van der Waals surface area contributed by atoms with Gasteiger partial charge >= 0.3 is 0 Å². The van der Waals surface area contributed by atoms with Gasteiger partial charge in [0.2, 0.25) is 5.91 Å². The van der Waals surface area contributed by atoms with Crippen molar-refractivity contribution < 1.29 is 13.2 Å². The van der Waals surface area contributed by atoms with Crippen molar-refractivity contribution in [1.29, 1.82) is 0 Å². The maximum atomic E-state index is 12.5. The second kappa shape index (κ2) is 8.50. The van der Waals surface area contributed by atoms with Crippen molar-refractivity contribution in [3.8, 4) is 0 Å². The third-order valence-electron chi connectivity index (χ3n) is 5.16. The van der Waals surface area contributed by atoms with Crippen molar-refractivity contribution >= 4 is 44.3 Å². The van der Waals surface area contributed by atoms with E-state index >= 15 is 0 Å². The van der Waals surface area contributed by atoms with E-state index in [1.54, 1.807) is 0 Å². The van der Waals surface area contributed by atoms with Crippen LogP contribution >= 0.6 is 23.4 Å². The molecule has 0 aromatic heterocycles. The van der Waals surface area contributed by atoms with E-state index < -0.39 is 9.84 Å². The van der Waals surface area contributed by atoms with E-state index in [4.69, 9.17) is 11.6 Å². The summed E-state index contributed by atoms with van der Waals surface area (Å²) in [6.45, 7) is 0.439. The Morgan fingerprint density at radius 3 is 2.59 bits per heavy atom. The van der Waals surface area contributed by atoms with Gasteiger partial charge in [0.25, 0.3) is 0 Å². The molecule has 29 heavy (non-hydrogen) atoms. The number of thioether (sulfide) groups is 1. The number of sulfone groups is 1. The summed E-state index contributed by atoms with van der Waals surface area (Å²) in [5, 5.41) is 1.13. The Bertz CT molecular complexity index is 1040. The summed E-state index contributed by atoms with van der Waals surface area (Å²) < 4.78 is 24.2. The molecule has 1 amide bonds. The number of nitrogens with zero attached hydrogens (tertiary/aromatic N) is 2. The van der Waals surface area contributed by atoms with Crippen LogP contribution in [0.5, 0.6) is 0 Å². The predicted octanol–water partition coefficient (Wildman–Crippen LogP) is 3.57. The van der Waals surface area contributed by atoms with Gasteiger partial charge in [-0.15, -0.1) is 0 Å². The number of aliphatic imine (C=N–C) groups is 1. The third-order valence-corrected chi connectivity index (χ3v) is 8.78. The van der Waals surface area contributed by atoms with Crippen molar-refractivity contribution in [1.82, 2.24) is 4.90 Å². The molecule has 0 unspecified atom stereocenters. The summed E-state index contributed by atoms with van der Waals surface area (Å²) in [6.07, 6.45) is 0.953. The molecule has 2 aromatic carbocycles. The fraction of sp³-hybridized carbons (Fsp3) is 0.333. The monoisotopic (exact) mass is 448 g/mol. The topological polar surface area (TPSA) is 66.8 Å². The standard InChI is InChI=1S/C21H21ClN2O3S2/c22-17-9-5-4-8-16(17)12-24-18-13-29(26,27)14-19(18)28-21(24)23-20(25)11-10-15-6-2-1-3-7-15/h1-9,18-19H,10-14H2/t18-,19-/m1/s1. The molecule has 0 N–H and O–H groups in total. The number of amidine groups is 1. The van der Waals surface area contributed by atoms with Gasteiger partial charge in [-0.2, -0.15) is 4.99 Å². The van der Waals surface area contributed by atoms with Crippen molar-refractivity contribution in [3.05, 3.63) is 70.7 Å². The number of hydrogen-bond donors (Lipinski definition) is 0. The third kappa shape index (κ3) is 4.85. The van der Waals surface area contributed by atoms with Crippen LogP contribution in [0.1, 0.15) is 17.5 Å². The van der Waals surface area contributed by atoms with E-state index in [0.29, 0.717) is 29.6 Å². The molecular weight excluding hydrogens is 428 g/mol. The average Bonchev–Trinajstić information content (AvgIpc) is 3.14. The molecule has 152 valence electrons. The molecule has 4 rings (SSSR count). The van der Waals surface area contributed by atoms with Gasteiger partial charge < -0.3 is 4.90 Å². The smallest absolute Gasteiger partial charge is 0.248 e. The van der Waals surface area contributed by atoms with Crippen LogP contribution in [0.15, 0.2) is 59.6 Å². The minimum atomic E-state index is -3.07. The molecule has 0 spiro atoms. The Labute approximate surface area is 180 Å². The number of halogens is 1. The lowest BCUT2D eigenvalue weighted by molar-refractivity contribution is -0.117. The highest BCUT2D eigenvalue weighted by Crippen LogP contribution is 2.39. The normalized spacial score (nSPS) is 24.0. The highest BCUT2D eigenvalue weighted by atomic mass is 35.5. The maximum Gasteiger partial charge on any atom is 0.248 e. The fourth-order valence-corrected chi connectivity index (χ4v) is 7.85. The molecule has 2 saturated heterocycles. The number of carbonyl (C=O) groups excluding carboxylic acids is 1. The van der Waals surface area contributed by atoms with E-state index in [9.17, 15) is 13.2 Å². The molecule has 2 aliphatic heterocycles. The zero-order valence-corrected chi connectivity index (χ0v) is 18.1. The van der Waals surface area contributed by atoms with Gasteiger partial charge in [-0.1, -0.05) is 71.9 Å². The van der Waals surface area contributed by atoms with Crippen LogP contribution in [0.3, 0.4) is 0 Å². The van der Waals surface area contributed by atoms with Gasteiger partial charge in [-0.25, -0.2) is 8.42 Å².